The number of rotatable bonds is 6. The summed E-state index contributed by atoms with van der Waals surface area (Å²) in [5.41, 5.74) is 3.31. The molecule has 1 fully saturated rings. The van der Waals surface area contributed by atoms with Gasteiger partial charge in [-0.05, 0) is 64.8 Å². The molecular weight excluding hydrogens is 366 g/mol. The van der Waals surface area contributed by atoms with Crippen molar-refractivity contribution in [2.45, 2.75) is 46.6 Å². The second kappa shape index (κ2) is 8.74. The Morgan fingerprint density at radius 1 is 1.17 bits per heavy atom. The maximum Gasteiger partial charge on any atom is 0.228 e. The van der Waals surface area contributed by atoms with Crippen molar-refractivity contribution in [3.05, 3.63) is 52.8 Å². The number of aromatic amines is 1. The van der Waals surface area contributed by atoms with Crippen molar-refractivity contribution < 1.29 is 14.4 Å². The minimum atomic E-state index is -0.362. The number of Topliss-reactive ketones (excluding diaryl/α,β-unsaturated/α-hetero) is 2. The molecule has 0 spiro atoms. The SMILES string of the molecule is CC(=O)c1c(C)[nH]c(C(=O)C(C)N2CCCC(C(=O)Nc3ccccc3)C2)c1C. The largest absolute Gasteiger partial charge is 0.355 e. The van der Waals surface area contributed by atoms with Gasteiger partial charge in [-0.2, -0.15) is 0 Å². The molecule has 2 aromatic rings. The van der Waals surface area contributed by atoms with Crippen LogP contribution >= 0.6 is 0 Å². The molecule has 1 aromatic heterocycles. The number of aryl methyl sites for hydroxylation is 1. The zero-order valence-electron chi connectivity index (χ0n) is 17.5. The highest BCUT2D eigenvalue weighted by Crippen LogP contribution is 2.24. The van der Waals surface area contributed by atoms with Crippen LogP contribution < -0.4 is 5.32 Å². The molecule has 2 unspecified atom stereocenters. The second-order valence-electron chi connectivity index (χ2n) is 7.91. The van der Waals surface area contributed by atoms with Gasteiger partial charge in [0, 0.05) is 23.5 Å². The first kappa shape index (κ1) is 21.0. The van der Waals surface area contributed by atoms with Crippen molar-refractivity contribution >= 4 is 23.2 Å². The Labute approximate surface area is 171 Å². The van der Waals surface area contributed by atoms with Crippen LogP contribution in [0.5, 0.6) is 0 Å². The minimum absolute atomic E-state index is 0.00804. The van der Waals surface area contributed by atoms with Crippen LogP contribution in [0.1, 0.15) is 58.8 Å². The van der Waals surface area contributed by atoms with Gasteiger partial charge in [0.15, 0.2) is 11.6 Å². The molecule has 1 aliphatic rings. The maximum atomic E-state index is 13.1. The average molecular weight is 396 g/mol. The maximum absolute atomic E-state index is 13.1. The van der Waals surface area contributed by atoms with E-state index in [1.165, 1.54) is 6.92 Å². The topological polar surface area (TPSA) is 82.3 Å². The van der Waals surface area contributed by atoms with Gasteiger partial charge >= 0.3 is 0 Å². The number of hydrogen-bond donors (Lipinski definition) is 2. The van der Waals surface area contributed by atoms with E-state index in [0.29, 0.717) is 23.4 Å². The van der Waals surface area contributed by atoms with E-state index >= 15 is 0 Å². The van der Waals surface area contributed by atoms with E-state index in [1.807, 2.05) is 51.1 Å². The summed E-state index contributed by atoms with van der Waals surface area (Å²) in [6.45, 7) is 8.34. The number of ketones is 2. The number of piperidine rings is 1. The third-order valence-electron chi connectivity index (χ3n) is 5.83. The fraction of sp³-hybridized carbons (Fsp3) is 0.435. The predicted molar refractivity (Wildman–Crippen MR) is 113 cm³/mol. The van der Waals surface area contributed by atoms with Crippen LogP contribution in [-0.2, 0) is 4.79 Å². The van der Waals surface area contributed by atoms with Crippen LogP contribution in [-0.4, -0.2) is 46.5 Å². The normalized spacial score (nSPS) is 18.3. The molecule has 2 atom stereocenters. The van der Waals surface area contributed by atoms with Crippen molar-refractivity contribution in [1.82, 2.24) is 9.88 Å². The van der Waals surface area contributed by atoms with Gasteiger partial charge in [-0.3, -0.25) is 19.3 Å². The number of nitrogens with zero attached hydrogens (tertiary/aromatic N) is 1. The Balaban J connectivity index is 1.70. The van der Waals surface area contributed by atoms with E-state index < -0.39 is 0 Å². The lowest BCUT2D eigenvalue weighted by atomic mass is 9.94. The third-order valence-corrected chi connectivity index (χ3v) is 5.83. The number of H-pyrrole nitrogens is 1. The molecule has 29 heavy (non-hydrogen) atoms. The van der Waals surface area contributed by atoms with Crippen LogP contribution in [0, 0.1) is 19.8 Å². The van der Waals surface area contributed by atoms with Gasteiger partial charge < -0.3 is 10.3 Å². The molecule has 1 aliphatic heterocycles. The number of hydrogen-bond acceptors (Lipinski definition) is 4. The summed E-state index contributed by atoms with van der Waals surface area (Å²) in [4.78, 5) is 42.9. The molecule has 6 heteroatoms. The smallest absolute Gasteiger partial charge is 0.228 e. The number of aromatic nitrogens is 1. The van der Waals surface area contributed by atoms with E-state index in [-0.39, 0.29) is 29.4 Å². The fourth-order valence-electron chi connectivity index (χ4n) is 4.24. The van der Waals surface area contributed by atoms with E-state index in [1.54, 1.807) is 0 Å². The summed E-state index contributed by atoms with van der Waals surface area (Å²) < 4.78 is 0. The standard InChI is InChI=1S/C23H29N3O3/c1-14-20(17(4)27)15(2)24-21(14)22(28)16(3)26-12-8-9-18(13-26)23(29)25-19-10-6-5-7-11-19/h5-7,10-11,16,18,24H,8-9,12-13H2,1-4H3,(H,25,29). The number of anilines is 1. The molecule has 3 rings (SSSR count). The number of likely N-dealkylation sites (tertiary alicyclic amines) is 1. The third kappa shape index (κ3) is 4.48. The number of carbonyl (C=O) groups excluding carboxylic acids is 3. The summed E-state index contributed by atoms with van der Waals surface area (Å²) >= 11 is 0. The van der Waals surface area contributed by atoms with Gasteiger partial charge in [-0.1, -0.05) is 18.2 Å². The summed E-state index contributed by atoms with van der Waals surface area (Å²) in [5, 5.41) is 2.97. The van der Waals surface area contributed by atoms with E-state index in [2.05, 4.69) is 15.2 Å². The molecule has 1 amide bonds. The van der Waals surface area contributed by atoms with Crippen LogP contribution in [0.15, 0.2) is 30.3 Å². The van der Waals surface area contributed by atoms with Crippen LogP contribution in [0.2, 0.25) is 0 Å². The van der Waals surface area contributed by atoms with Gasteiger partial charge in [0.1, 0.15) is 0 Å². The Bertz CT molecular complexity index is 917. The van der Waals surface area contributed by atoms with Crippen LogP contribution in [0.3, 0.4) is 0 Å². The second-order valence-corrected chi connectivity index (χ2v) is 7.91. The molecule has 2 N–H and O–H groups in total. The van der Waals surface area contributed by atoms with Gasteiger partial charge in [-0.25, -0.2) is 0 Å². The molecular formula is C23H29N3O3. The number of amides is 1. The van der Waals surface area contributed by atoms with Gasteiger partial charge in [0.25, 0.3) is 0 Å². The minimum Gasteiger partial charge on any atom is -0.355 e. The molecule has 154 valence electrons. The zero-order valence-corrected chi connectivity index (χ0v) is 17.5. The summed E-state index contributed by atoms with van der Waals surface area (Å²) in [6.07, 6.45) is 1.68. The number of benzene rings is 1. The molecule has 2 heterocycles. The number of para-hydroxylation sites is 1. The molecule has 1 saturated heterocycles. The summed E-state index contributed by atoms with van der Waals surface area (Å²) in [7, 11) is 0. The van der Waals surface area contributed by atoms with E-state index in [9.17, 15) is 14.4 Å². The highest BCUT2D eigenvalue weighted by Gasteiger charge is 2.33. The molecule has 0 aliphatic carbocycles. The first-order valence-corrected chi connectivity index (χ1v) is 10.1. The molecule has 1 aromatic carbocycles. The van der Waals surface area contributed by atoms with Crippen molar-refractivity contribution in [3.8, 4) is 0 Å². The fourth-order valence-corrected chi connectivity index (χ4v) is 4.24. The lowest BCUT2D eigenvalue weighted by Crippen LogP contribution is -2.47. The van der Waals surface area contributed by atoms with Crippen molar-refractivity contribution in [3.63, 3.8) is 0 Å². The number of carbonyl (C=O) groups is 3. The summed E-state index contributed by atoms with van der Waals surface area (Å²) in [5.74, 6) is -0.245. The lowest BCUT2D eigenvalue weighted by molar-refractivity contribution is -0.121. The summed E-state index contributed by atoms with van der Waals surface area (Å²) in [6, 6.07) is 9.06. The van der Waals surface area contributed by atoms with Crippen molar-refractivity contribution in [1.29, 1.82) is 0 Å². The van der Waals surface area contributed by atoms with E-state index in [4.69, 9.17) is 0 Å². The van der Waals surface area contributed by atoms with Crippen LogP contribution in [0.25, 0.3) is 0 Å². The average Bonchev–Trinajstić information content (AvgIpc) is 3.01. The molecule has 0 radical (unpaired) electrons. The van der Waals surface area contributed by atoms with Crippen molar-refractivity contribution in [2.75, 3.05) is 18.4 Å². The van der Waals surface area contributed by atoms with Crippen molar-refractivity contribution in [2.24, 2.45) is 5.92 Å². The quantitative estimate of drug-likeness (QED) is 0.730. The Kier molecular flexibility index (Phi) is 6.33. The highest BCUT2D eigenvalue weighted by atomic mass is 16.2. The molecule has 6 nitrogen and oxygen atoms in total. The highest BCUT2D eigenvalue weighted by molar-refractivity contribution is 6.05. The van der Waals surface area contributed by atoms with Gasteiger partial charge in [0.2, 0.25) is 5.91 Å². The Hall–Kier alpha value is -2.73. The van der Waals surface area contributed by atoms with Gasteiger partial charge in [0.05, 0.1) is 17.7 Å². The predicted octanol–water partition coefficient (Wildman–Crippen LogP) is 3.76. The monoisotopic (exact) mass is 395 g/mol. The first-order chi connectivity index (χ1) is 13.8. The lowest BCUT2D eigenvalue weighted by Gasteiger charge is -2.35. The van der Waals surface area contributed by atoms with E-state index in [0.717, 1.165) is 30.8 Å². The molecule has 0 saturated carbocycles. The first-order valence-electron chi connectivity index (χ1n) is 10.1. The molecule has 0 bridgehead atoms. The Morgan fingerprint density at radius 3 is 2.48 bits per heavy atom. The zero-order chi connectivity index (χ0) is 21.1. The Morgan fingerprint density at radius 2 is 1.86 bits per heavy atom. The van der Waals surface area contributed by atoms with Crippen LogP contribution in [0.4, 0.5) is 5.69 Å². The van der Waals surface area contributed by atoms with Gasteiger partial charge in [-0.15, -0.1) is 0 Å². The number of nitrogens with one attached hydrogen (secondary N) is 2.